The van der Waals surface area contributed by atoms with E-state index in [0.29, 0.717) is 19.8 Å². The van der Waals surface area contributed by atoms with Gasteiger partial charge in [0.25, 0.3) is 0 Å². The average Bonchev–Trinajstić information content (AvgIpc) is 2.53. The van der Waals surface area contributed by atoms with Crippen molar-refractivity contribution in [2.75, 3.05) is 32.9 Å². The summed E-state index contributed by atoms with van der Waals surface area (Å²) in [5.74, 6) is 2.29. The molecule has 0 aliphatic carbocycles. The summed E-state index contributed by atoms with van der Waals surface area (Å²) in [6.07, 6.45) is 6.57. The molecule has 1 aromatic rings. The molecule has 1 aliphatic rings. The Bertz CT molecular complexity index is 409. The molecule has 118 valence electrons. The van der Waals surface area contributed by atoms with Crippen LogP contribution in [-0.2, 0) is 0 Å². The quantitative estimate of drug-likeness (QED) is 0.671. The summed E-state index contributed by atoms with van der Waals surface area (Å²) >= 11 is 0. The lowest BCUT2D eigenvalue weighted by Gasteiger charge is -2.20. The molecule has 0 amide bonds. The molecule has 1 aromatic carbocycles. The van der Waals surface area contributed by atoms with Crippen molar-refractivity contribution in [2.24, 2.45) is 0 Å². The molecule has 1 heterocycles. The molecule has 4 nitrogen and oxygen atoms in total. The summed E-state index contributed by atoms with van der Waals surface area (Å²) in [6, 6.07) is 5.78. The van der Waals surface area contributed by atoms with E-state index in [0.717, 1.165) is 30.3 Å². The van der Waals surface area contributed by atoms with E-state index in [2.05, 4.69) is 12.2 Å². The number of para-hydroxylation sites is 1. The first-order valence-electron chi connectivity index (χ1n) is 8.14. The fourth-order valence-corrected chi connectivity index (χ4v) is 2.37. The number of rotatable bonds is 10. The van der Waals surface area contributed by atoms with Gasteiger partial charge in [0.1, 0.15) is 19.8 Å². The van der Waals surface area contributed by atoms with Gasteiger partial charge >= 0.3 is 0 Å². The molecular formula is C17H27NO3. The van der Waals surface area contributed by atoms with Crippen molar-refractivity contribution >= 4 is 0 Å². The molecule has 0 spiro atoms. The summed E-state index contributed by atoms with van der Waals surface area (Å²) in [5.41, 5.74) is 0. The highest BCUT2D eigenvalue weighted by Gasteiger charge is 2.16. The average molecular weight is 293 g/mol. The molecule has 21 heavy (non-hydrogen) atoms. The number of hydrogen-bond acceptors (Lipinski definition) is 4. The van der Waals surface area contributed by atoms with Crippen LogP contribution in [0.4, 0.5) is 0 Å². The zero-order valence-corrected chi connectivity index (χ0v) is 13.0. The Balaban J connectivity index is 1.59. The highest BCUT2D eigenvalue weighted by molar-refractivity contribution is 5.51. The van der Waals surface area contributed by atoms with Gasteiger partial charge in [0.15, 0.2) is 11.5 Å². The van der Waals surface area contributed by atoms with Crippen molar-refractivity contribution in [2.45, 2.75) is 39.0 Å². The van der Waals surface area contributed by atoms with Crippen molar-refractivity contribution in [3.8, 4) is 17.2 Å². The van der Waals surface area contributed by atoms with Gasteiger partial charge in [0, 0.05) is 6.54 Å². The summed E-state index contributed by atoms with van der Waals surface area (Å²) in [6.45, 7) is 6.01. The van der Waals surface area contributed by atoms with Gasteiger partial charge in [-0.05, 0) is 25.1 Å². The number of fused-ring (bicyclic) bond motifs is 1. The lowest BCUT2D eigenvalue weighted by Crippen LogP contribution is -2.22. The smallest absolute Gasteiger partial charge is 0.203 e. The molecule has 0 fully saturated rings. The molecule has 4 heteroatoms. The minimum absolute atomic E-state index is 0.587. The Morgan fingerprint density at radius 1 is 1.05 bits per heavy atom. The molecule has 0 saturated heterocycles. The van der Waals surface area contributed by atoms with Gasteiger partial charge in [-0.25, -0.2) is 0 Å². The van der Waals surface area contributed by atoms with Gasteiger partial charge in [-0.15, -0.1) is 0 Å². The second kappa shape index (κ2) is 9.50. The van der Waals surface area contributed by atoms with Crippen LogP contribution in [0.2, 0.25) is 0 Å². The van der Waals surface area contributed by atoms with Crippen LogP contribution in [0.15, 0.2) is 18.2 Å². The van der Waals surface area contributed by atoms with Crippen molar-refractivity contribution in [1.82, 2.24) is 5.32 Å². The minimum Gasteiger partial charge on any atom is -0.488 e. The Labute approximate surface area is 127 Å². The van der Waals surface area contributed by atoms with Gasteiger partial charge in [-0.2, -0.15) is 0 Å². The summed E-state index contributed by atoms with van der Waals surface area (Å²) in [4.78, 5) is 0. The van der Waals surface area contributed by atoms with Gasteiger partial charge < -0.3 is 19.5 Å². The third-order valence-corrected chi connectivity index (χ3v) is 3.52. The van der Waals surface area contributed by atoms with Crippen molar-refractivity contribution < 1.29 is 14.2 Å². The number of nitrogens with one attached hydrogen (secondary N) is 1. The molecule has 1 N–H and O–H groups in total. The van der Waals surface area contributed by atoms with Crippen LogP contribution in [0.3, 0.4) is 0 Å². The Morgan fingerprint density at radius 3 is 2.81 bits per heavy atom. The fraction of sp³-hybridized carbons (Fsp3) is 0.647. The van der Waals surface area contributed by atoms with E-state index in [4.69, 9.17) is 14.2 Å². The topological polar surface area (TPSA) is 39.7 Å². The van der Waals surface area contributed by atoms with Crippen LogP contribution in [-0.4, -0.2) is 32.9 Å². The van der Waals surface area contributed by atoms with Gasteiger partial charge in [0.05, 0.1) is 0 Å². The van der Waals surface area contributed by atoms with Gasteiger partial charge in [-0.1, -0.05) is 38.7 Å². The number of unbranched alkanes of at least 4 members (excludes halogenated alkanes) is 4. The lowest BCUT2D eigenvalue weighted by atomic mass is 10.1. The molecule has 0 saturated carbocycles. The van der Waals surface area contributed by atoms with E-state index in [1.807, 2.05) is 18.2 Å². The lowest BCUT2D eigenvalue weighted by molar-refractivity contribution is 0.162. The molecule has 0 atom stereocenters. The normalized spacial score (nSPS) is 13.2. The molecule has 0 aromatic heterocycles. The Kier molecular flexibility index (Phi) is 7.22. The van der Waals surface area contributed by atoms with E-state index in [9.17, 15) is 0 Å². The van der Waals surface area contributed by atoms with Crippen LogP contribution in [0.1, 0.15) is 39.0 Å². The number of ether oxygens (including phenoxy) is 3. The Morgan fingerprint density at radius 2 is 1.90 bits per heavy atom. The van der Waals surface area contributed by atoms with Crippen LogP contribution in [0.5, 0.6) is 17.2 Å². The predicted molar refractivity (Wildman–Crippen MR) is 84.6 cm³/mol. The highest BCUT2D eigenvalue weighted by Crippen LogP contribution is 2.38. The third kappa shape index (κ3) is 5.46. The fourth-order valence-electron chi connectivity index (χ4n) is 2.37. The van der Waals surface area contributed by atoms with Crippen LogP contribution >= 0.6 is 0 Å². The van der Waals surface area contributed by atoms with Gasteiger partial charge in [-0.3, -0.25) is 0 Å². The molecule has 2 rings (SSSR count). The summed E-state index contributed by atoms with van der Waals surface area (Å²) in [5, 5.41) is 3.42. The monoisotopic (exact) mass is 293 g/mol. The van der Waals surface area contributed by atoms with E-state index in [1.54, 1.807) is 0 Å². The number of benzene rings is 1. The van der Waals surface area contributed by atoms with Crippen LogP contribution < -0.4 is 19.5 Å². The van der Waals surface area contributed by atoms with E-state index in [-0.39, 0.29) is 0 Å². The minimum atomic E-state index is 0.587. The standard InChI is InChI=1S/C17H27NO3/c1-2-3-4-5-6-10-18-11-12-19-15-8-7-9-16-17(15)21-14-13-20-16/h7-9,18H,2-6,10-14H2,1H3. The SMILES string of the molecule is CCCCCCCNCCOc1cccc2c1OCCO2. The first-order valence-corrected chi connectivity index (χ1v) is 8.14. The van der Waals surface area contributed by atoms with Crippen molar-refractivity contribution in [3.05, 3.63) is 18.2 Å². The van der Waals surface area contributed by atoms with E-state index >= 15 is 0 Å². The summed E-state index contributed by atoms with van der Waals surface area (Å²) in [7, 11) is 0. The predicted octanol–water partition coefficient (Wildman–Crippen LogP) is 3.40. The zero-order chi connectivity index (χ0) is 14.8. The molecular weight excluding hydrogens is 266 g/mol. The van der Waals surface area contributed by atoms with Crippen LogP contribution in [0.25, 0.3) is 0 Å². The highest BCUT2D eigenvalue weighted by atomic mass is 16.6. The van der Waals surface area contributed by atoms with Crippen molar-refractivity contribution in [1.29, 1.82) is 0 Å². The first kappa shape index (κ1) is 16.0. The molecule has 0 radical (unpaired) electrons. The first-order chi connectivity index (χ1) is 10.4. The maximum Gasteiger partial charge on any atom is 0.203 e. The maximum atomic E-state index is 5.78. The second-order valence-electron chi connectivity index (χ2n) is 5.29. The maximum absolute atomic E-state index is 5.78. The van der Waals surface area contributed by atoms with E-state index < -0.39 is 0 Å². The third-order valence-electron chi connectivity index (χ3n) is 3.52. The number of hydrogen-bond donors (Lipinski definition) is 1. The Hall–Kier alpha value is -1.42. The zero-order valence-electron chi connectivity index (χ0n) is 13.0. The van der Waals surface area contributed by atoms with Crippen molar-refractivity contribution in [3.63, 3.8) is 0 Å². The van der Waals surface area contributed by atoms with E-state index in [1.165, 1.54) is 32.1 Å². The second-order valence-corrected chi connectivity index (χ2v) is 5.29. The van der Waals surface area contributed by atoms with Crippen LogP contribution in [0, 0.1) is 0 Å². The molecule has 1 aliphatic heterocycles. The largest absolute Gasteiger partial charge is 0.488 e. The van der Waals surface area contributed by atoms with Gasteiger partial charge in [0.2, 0.25) is 5.75 Å². The molecule has 0 unspecified atom stereocenters. The summed E-state index contributed by atoms with van der Waals surface area (Å²) < 4.78 is 16.9. The molecule has 0 bridgehead atoms.